The van der Waals surface area contributed by atoms with E-state index >= 15 is 0 Å². The number of hydrogen-bond donors (Lipinski definition) is 1. The molecule has 0 aliphatic rings. The molecule has 1 aromatic carbocycles. The molecule has 1 N–H and O–H groups in total. The summed E-state index contributed by atoms with van der Waals surface area (Å²) in [6, 6.07) is 3.43. The SMILES string of the molecule is CN(CCC(=O)O)Cc1cc(C(F)(F)F)ccc1Br. The number of carboxylic acid groups (broad SMARTS) is 1. The molecular formula is C12H13BrF3NO2. The third kappa shape index (κ3) is 5.20. The molecule has 0 aliphatic heterocycles. The van der Waals surface area contributed by atoms with Crippen LogP contribution in [0.15, 0.2) is 22.7 Å². The Morgan fingerprint density at radius 3 is 2.58 bits per heavy atom. The van der Waals surface area contributed by atoms with Gasteiger partial charge in [0.1, 0.15) is 0 Å². The first kappa shape index (κ1) is 16.0. The topological polar surface area (TPSA) is 40.5 Å². The predicted octanol–water partition coefficient (Wildman–Crippen LogP) is 3.37. The number of rotatable bonds is 5. The normalized spacial score (nSPS) is 11.9. The second kappa shape index (κ2) is 6.38. The highest BCUT2D eigenvalue weighted by atomic mass is 79.9. The zero-order chi connectivity index (χ0) is 14.6. The summed E-state index contributed by atoms with van der Waals surface area (Å²) in [5.74, 6) is -0.935. The van der Waals surface area contributed by atoms with Crippen LogP contribution in [0.1, 0.15) is 17.5 Å². The standard InChI is InChI=1S/C12H13BrF3NO2/c1-17(5-4-11(18)19)7-8-6-9(12(14,15)16)2-3-10(8)13/h2-3,6H,4-5,7H2,1H3,(H,18,19). The fraction of sp³-hybridized carbons (Fsp3) is 0.417. The lowest BCUT2D eigenvalue weighted by Gasteiger charge is -2.17. The molecule has 0 aromatic heterocycles. The Morgan fingerprint density at radius 1 is 1.42 bits per heavy atom. The van der Waals surface area contributed by atoms with E-state index < -0.39 is 17.7 Å². The largest absolute Gasteiger partial charge is 0.481 e. The van der Waals surface area contributed by atoms with Crippen molar-refractivity contribution in [3.05, 3.63) is 33.8 Å². The molecule has 0 bridgehead atoms. The summed E-state index contributed by atoms with van der Waals surface area (Å²) in [6.07, 6.45) is -4.43. The van der Waals surface area contributed by atoms with Crippen LogP contribution in [0.25, 0.3) is 0 Å². The second-order valence-corrected chi connectivity index (χ2v) is 5.04. The van der Waals surface area contributed by atoms with Gasteiger partial charge in [0.15, 0.2) is 0 Å². The van der Waals surface area contributed by atoms with Crippen molar-refractivity contribution >= 4 is 21.9 Å². The van der Waals surface area contributed by atoms with Gasteiger partial charge in [-0.25, -0.2) is 0 Å². The zero-order valence-corrected chi connectivity index (χ0v) is 11.8. The van der Waals surface area contributed by atoms with Gasteiger partial charge >= 0.3 is 12.1 Å². The molecule has 0 radical (unpaired) electrons. The molecule has 0 saturated carbocycles. The summed E-state index contributed by atoms with van der Waals surface area (Å²) in [6.45, 7) is 0.524. The number of benzene rings is 1. The number of hydrogen-bond acceptors (Lipinski definition) is 2. The van der Waals surface area contributed by atoms with Gasteiger partial charge in [-0.2, -0.15) is 13.2 Å². The summed E-state index contributed by atoms with van der Waals surface area (Å²) >= 11 is 3.20. The van der Waals surface area contributed by atoms with Gasteiger partial charge in [-0.1, -0.05) is 15.9 Å². The van der Waals surface area contributed by atoms with Crippen LogP contribution in [0, 0.1) is 0 Å². The van der Waals surface area contributed by atoms with Gasteiger partial charge in [0, 0.05) is 17.6 Å². The molecule has 0 amide bonds. The van der Waals surface area contributed by atoms with Crippen LogP contribution in [0.3, 0.4) is 0 Å². The third-order valence-corrected chi connectivity index (χ3v) is 3.29. The highest BCUT2D eigenvalue weighted by molar-refractivity contribution is 9.10. The van der Waals surface area contributed by atoms with E-state index in [2.05, 4.69) is 15.9 Å². The molecule has 0 unspecified atom stereocenters. The van der Waals surface area contributed by atoms with Gasteiger partial charge in [-0.15, -0.1) is 0 Å². The van der Waals surface area contributed by atoms with Crippen LogP contribution in [0.5, 0.6) is 0 Å². The molecule has 0 atom stereocenters. The number of nitrogens with zero attached hydrogens (tertiary/aromatic N) is 1. The smallest absolute Gasteiger partial charge is 0.416 e. The van der Waals surface area contributed by atoms with E-state index in [-0.39, 0.29) is 19.5 Å². The van der Waals surface area contributed by atoms with Crippen LogP contribution in [0.2, 0.25) is 0 Å². The van der Waals surface area contributed by atoms with Crippen molar-refractivity contribution in [2.24, 2.45) is 0 Å². The third-order valence-electron chi connectivity index (χ3n) is 2.52. The number of carbonyl (C=O) groups is 1. The highest BCUT2D eigenvalue weighted by Gasteiger charge is 2.30. The Kier molecular flexibility index (Phi) is 5.37. The van der Waals surface area contributed by atoms with Gasteiger partial charge in [0.2, 0.25) is 0 Å². The fourth-order valence-corrected chi connectivity index (χ4v) is 1.90. The van der Waals surface area contributed by atoms with Crippen LogP contribution in [-0.4, -0.2) is 29.6 Å². The molecule has 0 aliphatic carbocycles. The zero-order valence-electron chi connectivity index (χ0n) is 10.2. The van der Waals surface area contributed by atoms with Crippen LogP contribution in [-0.2, 0) is 17.5 Å². The average molecular weight is 340 g/mol. The molecule has 3 nitrogen and oxygen atoms in total. The Labute approximate surface area is 117 Å². The molecule has 1 rings (SSSR count). The fourth-order valence-electron chi connectivity index (χ4n) is 1.53. The minimum Gasteiger partial charge on any atom is -0.481 e. The summed E-state index contributed by atoms with van der Waals surface area (Å²) in [4.78, 5) is 12.1. The molecule has 19 heavy (non-hydrogen) atoms. The first-order valence-electron chi connectivity index (χ1n) is 5.46. The molecular weight excluding hydrogens is 327 g/mol. The number of aliphatic carboxylic acids is 1. The van der Waals surface area contributed by atoms with E-state index in [0.717, 1.165) is 12.1 Å². The van der Waals surface area contributed by atoms with Gasteiger partial charge in [0.25, 0.3) is 0 Å². The quantitative estimate of drug-likeness (QED) is 0.894. The lowest BCUT2D eigenvalue weighted by atomic mass is 10.1. The summed E-state index contributed by atoms with van der Waals surface area (Å²) < 4.78 is 38.3. The molecule has 0 heterocycles. The van der Waals surface area contributed by atoms with Gasteiger partial charge in [0.05, 0.1) is 12.0 Å². The first-order chi connectivity index (χ1) is 8.70. The molecule has 7 heteroatoms. The average Bonchev–Trinajstić information content (AvgIpc) is 2.28. The van der Waals surface area contributed by atoms with E-state index in [1.807, 2.05) is 0 Å². The van der Waals surface area contributed by atoms with Crippen molar-refractivity contribution in [1.29, 1.82) is 0 Å². The minimum atomic E-state index is -4.38. The van der Waals surface area contributed by atoms with Crippen molar-refractivity contribution in [1.82, 2.24) is 4.90 Å². The molecule has 0 spiro atoms. The van der Waals surface area contributed by atoms with Crippen molar-refractivity contribution in [2.75, 3.05) is 13.6 Å². The molecule has 106 valence electrons. The lowest BCUT2D eigenvalue weighted by Crippen LogP contribution is -2.21. The predicted molar refractivity (Wildman–Crippen MR) is 67.7 cm³/mol. The maximum Gasteiger partial charge on any atom is 0.416 e. The van der Waals surface area contributed by atoms with E-state index in [9.17, 15) is 18.0 Å². The first-order valence-corrected chi connectivity index (χ1v) is 6.25. The Hall–Kier alpha value is -1.08. The van der Waals surface area contributed by atoms with Crippen molar-refractivity contribution in [3.8, 4) is 0 Å². The van der Waals surface area contributed by atoms with Crippen LogP contribution < -0.4 is 0 Å². The van der Waals surface area contributed by atoms with Crippen LogP contribution in [0.4, 0.5) is 13.2 Å². The van der Waals surface area contributed by atoms with E-state index in [1.165, 1.54) is 6.07 Å². The second-order valence-electron chi connectivity index (χ2n) is 4.19. The number of halogens is 4. The minimum absolute atomic E-state index is 0.0485. The Morgan fingerprint density at radius 2 is 2.05 bits per heavy atom. The molecule has 0 saturated heterocycles. The van der Waals surface area contributed by atoms with E-state index in [4.69, 9.17) is 5.11 Å². The van der Waals surface area contributed by atoms with Crippen molar-refractivity contribution in [2.45, 2.75) is 19.1 Å². The Bertz CT molecular complexity index is 463. The van der Waals surface area contributed by atoms with Crippen molar-refractivity contribution < 1.29 is 23.1 Å². The van der Waals surface area contributed by atoms with Crippen LogP contribution >= 0.6 is 15.9 Å². The number of carboxylic acids is 1. The number of alkyl halides is 3. The lowest BCUT2D eigenvalue weighted by molar-refractivity contribution is -0.138. The summed E-state index contributed by atoms with van der Waals surface area (Å²) in [7, 11) is 1.66. The monoisotopic (exact) mass is 339 g/mol. The highest BCUT2D eigenvalue weighted by Crippen LogP contribution is 2.32. The summed E-state index contributed by atoms with van der Waals surface area (Å²) in [5, 5.41) is 8.55. The molecule has 1 aromatic rings. The maximum absolute atomic E-state index is 12.6. The van der Waals surface area contributed by atoms with Gasteiger partial charge < -0.3 is 10.0 Å². The molecule has 0 fully saturated rings. The van der Waals surface area contributed by atoms with Gasteiger partial charge in [-0.3, -0.25) is 4.79 Å². The summed E-state index contributed by atoms with van der Waals surface area (Å²) in [5.41, 5.74) is -0.236. The van der Waals surface area contributed by atoms with E-state index in [0.29, 0.717) is 10.0 Å². The van der Waals surface area contributed by atoms with Gasteiger partial charge in [-0.05, 0) is 30.8 Å². The maximum atomic E-state index is 12.6. The Balaban J connectivity index is 2.80. The van der Waals surface area contributed by atoms with Crippen molar-refractivity contribution in [3.63, 3.8) is 0 Å². The van der Waals surface area contributed by atoms with E-state index in [1.54, 1.807) is 11.9 Å².